The van der Waals surface area contributed by atoms with Crippen LogP contribution in [-0.2, 0) is 21.2 Å². The smallest absolute Gasteiger partial charge is 0.240 e. The summed E-state index contributed by atoms with van der Waals surface area (Å²) in [5, 5.41) is 0. The number of fused-ring (bicyclic) bond motifs is 1. The summed E-state index contributed by atoms with van der Waals surface area (Å²) < 4.78 is 27.8. The van der Waals surface area contributed by atoms with E-state index in [0.29, 0.717) is 18.4 Å². The highest BCUT2D eigenvalue weighted by atomic mass is 32.2. The fourth-order valence-electron chi connectivity index (χ4n) is 2.78. The summed E-state index contributed by atoms with van der Waals surface area (Å²) in [6.07, 6.45) is 2.70. The molecular formula is C18H18N2O3S. The summed E-state index contributed by atoms with van der Waals surface area (Å²) in [6.45, 7) is 0. The molecule has 0 aromatic heterocycles. The van der Waals surface area contributed by atoms with Gasteiger partial charge in [-0.1, -0.05) is 54.6 Å². The molecule has 2 aromatic carbocycles. The van der Waals surface area contributed by atoms with Crippen molar-refractivity contribution >= 4 is 22.0 Å². The van der Waals surface area contributed by atoms with E-state index in [1.807, 2.05) is 24.3 Å². The molecule has 0 saturated heterocycles. The van der Waals surface area contributed by atoms with Crippen LogP contribution in [0.5, 0.6) is 0 Å². The van der Waals surface area contributed by atoms with Gasteiger partial charge in [-0.25, -0.2) is 8.42 Å². The number of allylic oxidation sites excluding steroid dienone is 1. The molecule has 0 spiro atoms. The largest absolute Gasteiger partial charge is 0.368 e. The van der Waals surface area contributed by atoms with Crippen molar-refractivity contribution in [3.05, 3.63) is 76.2 Å². The molecule has 6 heteroatoms. The standard InChI is InChI=1S/C18H18N2O3S/c19-18(21)17(14-7-2-1-3-8-14)20-24(22,23)16-11-10-13-6-4-5-9-15(13)12-16/h1-9,12,17,20H,10-11H2,(H2,19,21)/t17-/m1/s1. The molecule has 5 nitrogen and oxygen atoms in total. The van der Waals surface area contributed by atoms with Gasteiger partial charge in [-0.05, 0) is 35.6 Å². The summed E-state index contributed by atoms with van der Waals surface area (Å²) >= 11 is 0. The maximum atomic E-state index is 12.7. The first kappa shape index (κ1) is 16.4. The number of nitrogens with one attached hydrogen (secondary N) is 1. The molecule has 124 valence electrons. The molecule has 0 unspecified atom stereocenters. The van der Waals surface area contributed by atoms with Crippen LogP contribution in [0.15, 0.2) is 59.5 Å². The van der Waals surface area contributed by atoms with Gasteiger partial charge >= 0.3 is 0 Å². The van der Waals surface area contributed by atoms with Crippen molar-refractivity contribution in [3.63, 3.8) is 0 Å². The fourth-order valence-corrected chi connectivity index (χ4v) is 4.15. The second-order valence-electron chi connectivity index (χ2n) is 5.68. The third-order valence-corrected chi connectivity index (χ3v) is 5.61. The number of amides is 1. The first-order chi connectivity index (χ1) is 11.5. The van der Waals surface area contributed by atoms with E-state index < -0.39 is 22.0 Å². The van der Waals surface area contributed by atoms with Gasteiger partial charge in [0.25, 0.3) is 0 Å². The minimum atomic E-state index is -3.81. The summed E-state index contributed by atoms with van der Waals surface area (Å²) in [5.41, 5.74) is 7.92. The second kappa shape index (κ2) is 6.59. The van der Waals surface area contributed by atoms with E-state index in [9.17, 15) is 13.2 Å². The van der Waals surface area contributed by atoms with E-state index in [1.54, 1.807) is 36.4 Å². The first-order valence-corrected chi connectivity index (χ1v) is 9.11. The lowest BCUT2D eigenvalue weighted by Gasteiger charge is -2.20. The minimum absolute atomic E-state index is 0.267. The lowest BCUT2D eigenvalue weighted by atomic mass is 9.98. The van der Waals surface area contributed by atoms with Gasteiger partial charge in [0.1, 0.15) is 6.04 Å². The van der Waals surface area contributed by atoms with Gasteiger partial charge in [-0.15, -0.1) is 0 Å². The average molecular weight is 342 g/mol. The lowest BCUT2D eigenvalue weighted by molar-refractivity contribution is -0.119. The van der Waals surface area contributed by atoms with Crippen molar-refractivity contribution in [1.29, 1.82) is 0 Å². The van der Waals surface area contributed by atoms with Gasteiger partial charge in [0.15, 0.2) is 0 Å². The minimum Gasteiger partial charge on any atom is -0.368 e. The Labute approximate surface area is 141 Å². The summed E-state index contributed by atoms with van der Waals surface area (Å²) in [7, 11) is -3.81. The third-order valence-electron chi connectivity index (χ3n) is 4.05. The highest BCUT2D eigenvalue weighted by Crippen LogP contribution is 2.27. The Bertz CT molecular complexity index is 889. The molecule has 1 amide bonds. The van der Waals surface area contributed by atoms with Crippen molar-refractivity contribution < 1.29 is 13.2 Å². The first-order valence-electron chi connectivity index (χ1n) is 7.62. The van der Waals surface area contributed by atoms with Crippen LogP contribution in [0.25, 0.3) is 6.08 Å². The van der Waals surface area contributed by atoms with Gasteiger partial charge in [-0.2, -0.15) is 4.72 Å². The molecule has 1 atom stereocenters. The van der Waals surface area contributed by atoms with Crippen LogP contribution in [0.1, 0.15) is 29.2 Å². The molecule has 0 saturated carbocycles. The summed E-state index contributed by atoms with van der Waals surface area (Å²) in [5.74, 6) is -0.735. The molecule has 1 aliphatic carbocycles. The highest BCUT2D eigenvalue weighted by molar-refractivity contribution is 7.93. The molecule has 3 rings (SSSR count). The number of sulfonamides is 1. The Balaban J connectivity index is 1.91. The third kappa shape index (κ3) is 3.39. The molecule has 3 N–H and O–H groups in total. The van der Waals surface area contributed by atoms with Crippen molar-refractivity contribution in [2.75, 3.05) is 0 Å². The van der Waals surface area contributed by atoms with E-state index in [4.69, 9.17) is 5.73 Å². The predicted molar refractivity (Wildman–Crippen MR) is 93.2 cm³/mol. The molecule has 0 aliphatic heterocycles. The zero-order chi connectivity index (χ0) is 17.2. The van der Waals surface area contributed by atoms with Gasteiger partial charge in [0.2, 0.25) is 15.9 Å². The van der Waals surface area contributed by atoms with E-state index >= 15 is 0 Å². The Hall–Kier alpha value is -2.44. The molecule has 0 bridgehead atoms. The van der Waals surface area contributed by atoms with Crippen LogP contribution in [0.2, 0.25) is 0 Å². The van der Waals surface area contributed by atoms with E-state index in [0.717, 1.165) is 11.1 Å². The zero-order valence-corrected chi connectivity index (χ0v) is 13.8. The van der Waals surface area contributed by atoms with Gasteiger partial charge < -0.3 is 5.73 Å². The normalized spacial score (nSPS) is 15.2. The van der Waals surface area contributed by atoms with Crippen LogP contribution in [0.4, 0.5) is 0 Å². The predicted octanol–water partition coefficient (Wildman–Crippen LogP) is 2.12. The molecule has 0 heterocycles. The molecule has 2 aromatic rings. The number of carbonyl (C=O) groups excluding carboxylic acids is 1. The van der Waals surface area contributed by atoms with Crippen molar-refractivity contribution in [3.8, 4) is 0 Å². The number of rotatable bonds is 5. The average Bonchev–Trinajstić information content (AvgIpc) is 2.60. The molecular weight excluding hydrogens is 324 g/mol. The van der Waals surface area contributed by atoms with Gasteiger partial charge in [-0.3, -0.25) is 4.79 Å². The van der Waals surface area contributed by atoms with Gasteiger partial charge in [0.05, 0.1) is 4.91 Å². The number of hydrogen-bond acceptors (Lipinski definition) is 3. The monoisotopic (exact) mass is 342 g/mol. The number of carbonyl (C=O) groups is 1. The molecule has 0 fully saturated rings. The second-order valence-corrected chi connectivity index (χ2v) is 7.44. The Morgan fingerprint density at radius 3 is 2.38 bits per heavy atom. The van der Waals surface area contributed by atoms with E-state index in [-0.39, 0.29) is 4.91 Å². The highest BCUT2D eigenvalue weighted by Gasteiger charge is 2.28. The number of aryl methyl sites for hydroxylation is 1. The Morgan fingerprint density at radius 2 is 1.67 bits per heavy atom. The Kier molecular flexibility index (Phi) is 4.51. The van der Waals surface area contributed by atoms with Crippen LogP contribution in [-0.4, -0.2) is 14.3 Å². The molecule has 24 heavy (non-hydrogen) atoms. The number of nitrogens with two attached hydrogens (primary N) is 1. The van der Waals surface area contributed by atoms with Gasteiger partial charge in [0, 0.05) is 0 Å². The van der Waals surface area contributed by atoms with E-state index in [1.165, 1.54) is 0 Å². The fraction of sp³-hybridized carbons (Fsp3) is 0.167. The van der Waals surface area contributed by atoms with Crippen molar-refractivity contribution in [1.82, 2.24) is 4.72 Å². The molecule has 0 radical (unpaired) electrons. The van der Waals surface area contributed by atoms with Crippen molar-refractivity contribution in [2.45, 2.75) is 18.9 Å². The van der Waals surface area contributed by atoms with Crippen LogP contribution in [0.3, 0.4) is 0 Å². The Morgan fingerprint density at radius 1 is 1.00 bits per heavy atom. The zero-order valence-electron chi connectivity index (χ0n) is 13.0. The summed E-state index contributed by atoms with van der Waals surface area (Å²) in [4.78, 5) is 12.0. The van der Waals surface area contributed by atoms with Crippen LogP contribution < -0.4 is 10.5 Å². The van der Waals surface area contributed by atoms with Crippen LogP contribution >= 0.6 is 0 Å². The maximum Gasteiger partial charge on any atom is 0.240 e. The van der Waals surface area contributed by atoms with E-state index in [2.05, 4.69) is 4.72 Å². The summed E-state index contributed by atoms with van der Waals surface area (Å²) in [6, 6.07) is 15.2. The van der Waals surface area contributed by atoms with Crippen LogP contribution in [0, 0.1) is 0 Å². The maximum absolute atomic E-state index is 12.7. The quantitative estimate of drug-likeness (QED) is 0.872. The lowest BCUT2D eigenvalue weighted by Crippen LogP contribution is -2.38. The molecule has 1 aliphatic rings. The SMILES string of the molecule is NC(=O)[C@H](NS(=O)(=O)C1=Cc2ccccc2CC1)c1ccccc1. The number of benzene rings is 2. The number of primary amides is 1. The number of hydrogen-bond donors (Lipinski definition) is 2. The topological polar surface area (TPSA) is 89.3 Å². The van der Waals surface area contributed by atoms with Crippen molar-refractivity contribution in [2.24, 2.45) is 5.73 Å².